The van der Waals surface area contributed by atoms with Crippen LogP contribution in [0.1, 0.15) is 18.9 Å². The van der Waals surface area contributed by atoms with Crippen molar-refractivity contribution in [3.63, 3.8) is 0 Å². The van der Waals surface area contributed by atoms with Crippen molar-refractivity contribution in [2.45, 2.75) is 26.3 Å². The highest BCUT2D eigenvalue weighted by Gasteiger charge is 2.39. The number of hydrogen-bond acceptors (Lipinski definition) is 2. The molecule has 0 bridgehead atoms. The van der Waals surface area contributed by atoms with E-state index in [2.05, 4.69) is 10.1 Å². The minimum Gasteiger partial charge on any atom is -0.405 e. The van der Waals surface area contributed by atoms with Gasteiger partial charge in [-0.15, -0.1) is 13.2 Å². The molecule has 6 heteroatoms. The van der Waals surface area contributed by atoms with Crippen LogP contribution in [0, 0.1) is 11.8 Å². The summed E-state index contributed by atoms with van der Waals surface area (Å²) >= 11 is 0. The molecule has 1 aliphatic rings. The van der Waals surface area contributed by atoms with E-state index in [4.69, 9.17) is 0 Å². The van der Waals surface area contributed by atoms with Crippen molar-refractivity contribution in [1.82, 2.24) is 5.32 Å². The molecule has 1 saturated carbocycles. The first-order valence-corrected chi connectivity index (χ1v) is 5.98. The molecule has 1 aliphatic carbocycles. The first kappa shape index (κ1) is 13.7. The van der Waals surface area contributed by atoms with Crippen LogP contribution in [0.15, 0.2) is 24.3 Å². The summed E-state index contributed by atoms with van der Waals surface area (Å²) in [6.07, 6.45) is -3.89. The van der Waals surface area contributed by atoms with Crippen LogP contribution in [-0.2, 0) is 11.3 Å². The SMILES string of the molecule is CC1CC1C(=O)NCc1ccccc1OC(F)(F)F. The zero-order chi connectivity index (χ0) is 14.0. The Labute approximate surface area is 108 Å². The van der Waals surface area contributed by atoms with Gasteiger partial charge in [-0.2, -0.15) is 0 Å². The lowest BCUT2D eigenvalue weighted by Crippen LogP contribution is -2.26. The number of carbonyl (C=O) groups is 1. The quantitative estimate of drug-likeness (QED) is 0.916. The van der Waals surface area contributed by atoms with Crippen molar-refractivity contribution in [2.24, 2.45) is 11.8 Å². The number of rotatable bonds is 4. The normalized spacial score (nSPS) is 21.9. The van der Waals surface area contributed by atoms with Crippen molar-refractivity contribution in [2.75, 3.05) is 0 Å². The number of carbonyl (C=O) groups excluding carboxylic acids is 1. The number of amides is 1. The Kier molecular flexibility index (Phi) is 3.68. The van der Waals surface area contributed by atoms with E-state index in [-0.39, 0.29) is 24.1 Å². The first-order chi connectivity index (χ1) is 8.87. The van der Waals surface area contributed by atoms with Gasteiger partial charge in [-0.05, 0) is 18.4 Å². The van der Waals surface area contributed by atoms with Crippen LogP contribution >= 0.6 is 0 Å². The highest BCUT2D eigenvalue weighted by Crippen LogP contribution is 2.37. The fourth-order valence-corrected chi connectivity index (χ4v) is 1.87. The zero-order valence-corrected chi connectivity index (χ0v) is 10.3. The second kappa shape index (κ2) is 5.11. The summed E-state index contributed by atoms with van der Waals surface area (Å²) in [5.41, 5.74) is 0.307. The lowest BCUT2D eigenvalue weighted by atomic mass is 10.2. The van der Waals surface area contributed by atoms with E-state index in [1.54, 1.807) is 6.07 Å². The van der Waals surface area contributed by atoms with Gasteiger partial charge in [0.2, 0.25) is 5.91 Å². The molecule has 0 heterocycles. The van der Waals surface area contributed by atoms with Gasteiger partial charge in [-0.1, -0.05) is 25.1 Å². The number of alkyl halides is 3. The largest absolute Gasteiger partial charge is 0.573 e. The Bertz CT molecular complexity index is 473. The topological polar surface area (TPSA) is 38.3 Å². The van der Waals surface area contributed by atoms with E-state index in [1.165, 1.54) is 18.2 Å². The predicted octanol–water partition coefficient (Wildman–Crippen LogP) is 2.86. The molecule has 2 unspecified atom stereocenters. The summed E-state index contributed by atoms with van der Waals surface area (Å²) < 4.78 is 40.5. The average Bonchev–Trinajstić information content (AvgIpc) is 3.03. The highest BCUT2D eigenvalue weighted by atomic mass is 19.4. The number of hydrogen-bond donors (Lipinski definition) is 1. The second-order valence-corrected chi connectivity index (χ2v) is 4.69. The molecule has 19 heavy (non-hydrogen) atoms. The molecule has 1 aromatic carbocycles. The Hall–Kier alpha value is -1.72. The maximum atomic E-state index is 12.2. The van der Waals surface area contributed by atoms with E-state index in [0.717, 1.165) is 6.42 Å². The molecule has 1 aromatic rings. The predicted molar refractivity (Wildman–Crippen MR) is 62.2 cm³/mol. The van der Waals surface area contributed by atoms with Gasteiger partial charge >= 0.3 is 6.36 Å². The summed E-state index contributed by atoms with van der Waals surface area (Å²) in [6, 6.07) is 5.78. The van der Waals surface area contributed by atoms with Crippen LogP contribution in [-0.4, -0.2) is 12.3 Å². The van der Waals surface area contributed by atoms with Crippen LogP contribution in [0.3, 0.4) is 0 Å². The van der Waals surface area contributed by atoms with Crippen LogP contribution in [0.5, 0.6) is 5.75 Å². The van der Waals surface area contributed by atoms with Crippen molar-refractivity contribution < 1.29 is 22.7 Å². The number of halogens is 3. The number of benzene rings is 1. The van der Waals surface area contributed by atoms with Crippen molar-refractivity contribution in [3.8, 4) is 5.75 Å². The summed E-state index contributed by atoms with van der Waals surface area (Å²) in [5.74, 6) is -0.0363. The minimum absolute atomic E-state index is 0.00398. The van der Waals surface area contributed by atoms with E-state index in [0.29, 0.717) is 11.5 Å². The molecule has 0 radical (unpaired) electrons. The molecule has 0 aliphatic heterocycles. The van der Waals surface area contributed by atoms with Crippen LogP contribution in [0.25, 0.3) is 0 Å². The highest BCUT2D eigenvalue weighted by molar-refractivity contribution is 5.81. The number of nitrogens with one attached hydrogen (secondary N) is 1. The third kappa shape index (κ3) is 3.87. The molecule has 0 spiro atoms. The molecule has 1 fully saturated rings. The molecule has 1 amide bonds. The lowest BCUT2D eigenvalue weighted by molar-refractivity contribution is -0.274. The molecule has 3 nitrogen and oxygen atoms in total. The molecule has 0 aromatic heterocycles. The maximum Gasteiger partial charge on any atom is 0.573 e. The van der Waals surface area contributed by atoms with E-state index < -0.39 is 6.36 Å². The van der Waals surface area contributed by atoms with Gasteiger partial charge in [0.05, 0.1) is 0 Å². The smallest absolute Gasteiger partial charge is 0.405 e. The molecule has 2 atom stereocenters. The van der Waals surface area contributed by atoms with Gasteiger partial charge in [0.25, 0.3) is 0 Å². The second-order valence-electron chi connectivity index (χ2n) is 4.69. The average molecular weight is 273 g/mol. The molecule has 1 N–H and O–H groups in total. The molecular weight excluding hydrogens is 259 g/mol. The van der Waals surface area contributed by atoms with Crippen LogP contribution < -0.4 is 10.1 Å². The fraction of sp³-hybridized carbons (Fsp3) is 0.462. The molecule has 0 saturated heterocycles. The first-order valence-electron chi connectivity index (χ1n) is 5.98. The summed E-state index contributed by atoms with van der Waals surface area (Å²) in [7, 11) is 0. The molecule has 104 valence electrons. The monoisotopic (exact) mass is 273 g/mol. The van der Waals surface area contributed by atoms with E-state index in [9.17, 15) is 18.0 Å². The van der Waals surface area contributed by atoms with Gasteiger partial charge in [-0.3, -0.25) is 4.79 Å². The van der Waals surface area contributed by atoms with Crippen LogP contribution in [0.2, 0.25) is 0 Å². The number of ether oxygens (including phenoxy) is 1. The molecule has 2 rings (SSSR count). The summed E-state index contributed by atoms with van der Waals surface area (Å²) in [6.45, 7) is 2.00. The third-order valence-electron chi connectivity index (χ3n) is 3.10. The Morgan fingerprint density at radius 1 is 1.42 bits per heavy atom. The maximum absolute atomic E-state index is 12.2. The van der Waals surface area contributed by atoms with Crippen molar-refractivity contribution in [3.05, 3.63) is 29.8 Å². The van der Waals surface area contributed by atoms with Crippen LogP contribution in [0.4, 0.5) is 13.2 Å². The fourth-order valence-electron chi connectivity index (χ4n) is 1.87. The van der Waals surface area contributed by atoms with Gasteiger partial charge in [0, 0.05) is 18.0 Å². The summed E-state index contributed by atoms with van der Waals surface area (Å²) in [4.78, 5) is 11.6. The van der Waals surface area contributed by atoms with Crippen molar-refractivity contribution >= 4 is 5.91 Å². The number of para-hydroxylation sites is 1. The lowest BCUT2D eigenvalue weighted by Gasteiger charge is -2.13. The third-order valence-corrected chi connectivity index (χ3v) is 3.10. The Morgan fingerprint density at radius 3 is 2.63 bits per heavy atom. The van der Waals surface area contributed by atoms with Gasteiger partial charge in [0.1, 0.15) is 5.75 Å². The molecular formula is C13H14F3NO2. The standard InChI is InChI=1S/C13H14F3NO2/c1-8-6-10(8)12(18)17-7-9-4-2-3-5-11(9)19-13(14,15)16/h2-5,8,10H,6-7H2,1H3,(H,17,18). The van der Waals surface area contributed by atoms with E-state index >= 15 is 0 Å². The van der Waals surface area contributed by atoms with Gasteiger partial charge < -0.3 is 10.1 Å². The zero-order valence-electron chi connectivity index (χ0n) is 10.3. The van der Waals surface area contributed by atoms with Crippen molar-refractivity contribution in [1.29, 1.82) is 0 Å². The van der Waals surface area contributed by atoms with Gasteiger partial charge in [0.15, 0.2) is 0 Å². The van der Waals surface area contributed by atoms with Gasteiger partial charge in [-0.25, -0.2) is 0 Å². The Balaban J connectivity index is 1.97. The Morgan fingerprint density at radius 2 is 2.05 bits per heavy atom. The summed E-state index contributed by atoms with van der Waals surface area (Å²) in [5, 5.41) is 2.63. The minimum atomic E-state index is -4.73. The van der Waals surface area contributed by atoms with E-state index in [1.807, 2.05) is 6.92 Å².